The monoisotopic (exact) mass is 373 g/mol. The predicted molar refractivity (Wildman–Crippen MR) is 110 cm³/mol. The fourth-order valence-electron chi connectivity index (χ4n) is 2.89. The van der Waals surface area contributed by atoms with Crippen LogP contribution in [0.5, 0.6) is 0 Å². The van der Waals surface area contributed by atoms with Gasteiger partial charge in [0.25, 0.3) is 0 Å². The molecule has 5 heteroatoms. The summed E-state index contributed by atoms with van der Waals surface area (Å²) in [4.78, 5) is 12.1. The maximum Gasteiger partial charge on any atom is 0.344 e. The van der Waals surface area contributed by atoms with Gasteiger partial charge in [0, 0.05) is 5.75 Å². The van der Waals surface area contributed by atoms with E-state index >= 15 is 0 Å². The van der Waals surface area contributed by atoms with Gasteiger partial charge in [-0.3, -0.25) is 4.57 Å². The van der Waals surface area contributed by atoms with Crippen LogP contribution in [0.25, 0.3) is 11.1 Å². The Morgan fingerprint density at radius 3 is 2.11 bits per heavy atom. The second-order valence-electron chi connectivity index (χ2n) is 6.23. The van der Waals surface area contributed by atoms with E-state index in [4.69, 9.17) is 0 Å². The summed E-state index contributed by atoms with van der Waals surface area (Å²) in [6, 6.07) is 28.8. The first-order valence-electron chi connectivity index (χ1n) is 8.76. The van der Waals surface area contributed by atoms with Crippen LogP contribution in [-0.2, 0) is 12.3 Å². The lowest BCUT2D eigenvalue weighted by atomic mass is 10.0. The first-order chi connectivity index (χ1) is 13.3. The van der Waals surface area contributed by atoms with E-state index in [1.54, 1.807) is 16.3 Å². The largest absolute Gasteiger partial charge is 0.344 e. The minimum Gasteiger partial charge on any atom is -0.266 e. The fourth-order valence-corrected chi connectivity index (χ4v) is 3.79. The Labute approximate surface area is 161 Å². The minimum atomic E-state index is -0.180. The molecule has 3 aromatic carbocycles. The highest BCUT2D eigenvalue weighted by molar-refractivity contribution is 7.98. The molecule has 0 aliphatic heterocycles. The molecule has 1 heterocycles. The summed E-state index contributed by atoms with van der Waals surface area (Å²) in [5.74, 6) is 0.758. The highest BCUT2D eigenvalue weighted by Gasteiger charge is 2.10. The number of aromatic nitrogens is 3. The molecule has 0 saturated carbocycles. The Balaban J connectivity index is 1.46. The maximum atomic E-state index is 12.1. The number of nitrogens with zero attached hydrogens (tertiary/aromatic N) is 2. The molecule has 134 valence electrons. The molecule has 0 aliphatic carbocycles. The van der Waals surface area contributed by atoms with E-state index in [0.717, 1.165) is 11.3 Å². The molecule has 0 spiro atoms. The van der Waals surface area contributed by atoms with Gasteiger partial charge in [0.05, 0.1) is 6.54 Å². The van der Waals surface area contributed by atoms with Gasteiger partial charge >= 0.3 is 5.69 Å². The molecule has 0 bridgehead atoms. The van der Waals surface area contributed by atoms with Gasteiger partial charge in [-0.1, -0.05) is 96.7 Å². The lowest BCUT2D eigenvalue weighted by Crippen LogP contribution is -2.18. The maximum absolute atomic E-state index is 12.1. The molecule has 4 aromatic rings. The molecule has 0 radical (unpaired) electrons. The number of hydrogen-bond donors (Lipinski definition) is 1. The number of benzene rings is 3. The fraction of sp³-hybridized carbons (Fsp3) is 0.0909. The van der Waals surface area contributed by atoms with Gasteiger partial charge in [-0.25, -0.2) is 9.89 Å². The standard InChI is InChI=1S/C22H19N3OS/c26-21-23-24-22(25(21)15-17-7-3-1-4-8-17)27-16-18-11-13-20(14-12-18)19-9-5-2-6-10-19/h1-14H,15-16H2,(H,23,26). The lowest BCUT2D eigenvalue weighted by Gasteiger charge is -2.07. The zero-order valence-corrected chi connectivity index (χ0v) is 15.5. The van der Waals surface area contributed by atoms with Crippen molar-refractivity contribution in [2.24, 2.45) is 0 Å². The van der Waals surface area contributed by atoms with Crippen LogP contribution in [0, 0.1) is 0 Å². The smallest absolute Gasteiger partial charge is 0.266 e. The summed E-state index contributed by atoms with van der Waals surface area (Å²) in [7, 11) is 0. The molecule has 0 fully saturated rings. The number of aromatic amines is 1. The number of rotatable bonds is 6. The van der Waals surface area contributed by atoms with Crippen molar-refractivity contribution in [3.05, 3.63) is 107 Å². The predicted octanol–water partition coefficient (Wildman–Crippen LogP) is 4.58. The Morgan fingerprint density at radius 2 is 1.41 bits per heavy atom. The second kappa shape index (κ2) is 8.10. The van der Waals surface area contributed by atoms with Crippen molar-refractivity contribution in [2.75, 3.05) is 0 Å². The molecule has 27 heavy (non-hydrogen) atoms. The zero-order chi connectivity index (χ0) is 18.5. The summed E-state index contributed by atoms with van der Waals surface area (Å²) >= 11 is 1.56. The molecular weight excluding hydrogens is 354 g/mol. The number of hydrogen-bond acceptors (Lipinski definition) is 3. The normalized spacial score (nSPS) is 10.8. The Morgan fingerprint density at radius 1 is 0.778 bits per heavy atom. The quantitative estimate of drug-likeness (QED) is 0.503. The highest BCUT2D eigenvalue weighted by Crippen LogP contribution is 2.23. The summed E-state index contributed by atoms with van der Waals surface area (Å²) in [5, 5.41) is 7.45. The van der Waals surface area contributed by atoms with Gasteiger partial charge in [-0.05, 0) is 22.3 Å². The van der Waals surface area contributed by atoms with Gasteiger partial charge in [0.2, 0.25) is 0 Å². The van der Waals surface area contributed by atoms with Gasteiger partial charge in [0.1, 0.15) is 0 Å². The molecule has 4 rings (SSSR count). The average Bonchev–Trinajstić information content (AvgIpc) is 3.08. The number of thioether (sulfide) groups is 1. The van der Waals surface area contributed by atoms with E-state index in [2.05, 4.69) is 46.6 Å². The SMILES string of the molecule is O=c1[nH]nc(SCc2ccc(-c3ccccc3)cc2)n1Cc1ccccc1. The van der Waals surface area contributed by atoms with Crippen LogP contribution >= 0.6 is 11.8 Å². The van der Waals surface area contributed by atoms with Gasteiger partial charge in [-0.15, -0.1) is 5.10 Å². The molecular formula is C22H19N3OS. The van der Waals surface area contributed by atoms with E-state index < -0.39 is 0 Å². The first kappa shape index (κ1) is 17.4. The van der Waals surface area contributed by atoms with E-state index in [1.807, 2.05) is 48.5 Å². The molecule has 4 nitrogen and oxygen atoms in total. The van der Waals surface area contributed by atoms with Crippen molar-refractivity contribution in [3.8, 4) is 11.1 Å². The van der Waals surface area contributed by atoms with Crippen LogP contribution in [0.3, 0.4) is 0 Å². The van der Waals surface area contributed by atoms with Crippen molar-refractivity contribution in [3.63, 3.8) is 0 Å². The van der Waals surface area contributed by atoms with Crippen LogP contribution in [0.2, 0.25) is 0 Å². The van der Waals surface area contributed by atoms with E-state index in [1.165, 1.54) is 16.7 Å². The Kier molecular flexibility index (Phi) is 5.21. The van der Waals surface area contributed by atoms with Gasteiger partial charge in [-0.2, -0.15) is 0 Å². The molecule has 0 unspecified atom stereocenters. The summed E-state index contributed by atoms with van der Waals surface area (Å²) in [5.41, 5.74) is 4.50. The average molecular weight is 373 g/mol. The molecule has 0 aliphatic rings. The van der Waals surface area contributed by atoms with Crippen LogP contribution in [0.15, 0.2) is 94.9 Å². The summed E-state index contributed by atoms with van der Waals surface area (Å²) in [6.07, 6.45) is 0. The lowest BCUT2D eigenvalue weighted by molar-refractivity contribution is 0.687. The second-order valence-corrected chi connectivity index (χ2v) is 7.18. The van der Waals surface area contributed by atoms with Gasteiger partial charge in [0.15, 0.2) is 5.16 Å². The summed E-state index contributed by atoms with van der Waals surface area (Å²) < 4.78 is 1.68. The first-order valence-corrected chi connectivity index (χ1v) is 9.74. The van der Waals surface area contributed by atoms with Crippen LogP contribution in [0.4, 0.5) is 0 Å². The zero-order valence-electron chi connectivity index (χ0n) is 14.7. The van der Waals surface area contributed by atoms with Crippen LogP contribution in [-0.4, -0.2) is 14.8 Å². The molecule has 0 saturated heterocycles. The van der Waals surface area contributed by atoms with Crippen molar-refractivity contribution < 1.29 is 0 Å². The Hall–Kier alpha value is -3.05. The molecule has 0 amide bonds. The minimum absolute atomic E-state index is 0.180. The Bertz CT molecular complexity index is 1050. The van der Waals surface area contributed by atoms with E-state index in [-0.39, 0.29) is 5.69 Å². The number of H-pyrrole nitrogens is 1. The topological polar surface area (TPSA) is 50.7 Å². The summed E-state index contributed by atoms with van der Waals surface area (Å²) in [6.45, 7) is 0.519. The van der Waals surface area contributed by atoms with Crippen molar-refractivity contribution in [1.82, 2.24) is 14.8 Å². The molecule has 1 N–H and O–H groups in total. The van der Waals surface area contributed by atoms with Crippen molar-refractivity contribution >= 4 is 11.8 Å². The van der Waals surface area contributed by atoms with Crippen LogP contribution in [0.1, 0.15) is 11.1 Å². The van der Waals surface area contributed by atoms with Crippen molar-refractivity contribution in [1.29, 1.82) is 0 Å². The third kappa shape index (κ3) is 4.20. The van der Waals surface area contributed by atoms with Crippen LogP contribution < -0.4 is 5.69 Å². The third-order valence-electron chi connectivity index (χ3n) is 4.34. The van der Waals surface area contributed by atoms with E-state index in [0.29, 0.717) is 11.7 Å². The van der Waals surface area contributed by atoms with Crippen molar-refractivity contribution in [2.45, 2.75) is 17.5 Å². The van der Waals surface area contributed by atoms with E-state index in [9.17, 15) is 4.79 Å². The number of nitrogens with one attached hydrogen (secondary N) is 1. The third-order valence-corrected chi connectivity index (χ3v) is 5.38. The molecule has 0 atom stereocenters. The molecule has 1 aromatic heterocycles. The highest BCUT2D eigenvalue weighted by atomic mass is 32.2. The van der Waals surface area contributed by atoms with Gasteiger partial charge < -0.3 is 0 Å².